The summed E-state index contributed by atoms with van der Waals surface area (Å²) in [5.74, 6) is 0. The summed E-state index contributed by atoms with van der Waals surface area (Å²) in [5.41, 5.74) is 0. The normalized spacial score (nSPS) is 20.8. The second-order valence-electron chi connectivity index (χ2n) is 5.33. The van der Waals surface area contributed by atoms with Crippen molar-refractivity contribution in [2.24, 2.45) is 0 Å². The van der Waals surface area contributed by atoms with Crippen LogP contribution >= 0.6 is 11.3 Å². The molecule has 0 amide bonds. The maximum atomic E-state index is 3.74. The second kappa shape index (κ2) is 7.27. The van der Waals surface area contributed by atoms with E-state index in [1.807, 2.05) is 11.3 Å². The summed E-state index contributed by atoms with van der Waals surface area (Å²) in [4.78, 5) is 4.11. The fourth-order valence-corrected chi connectivity index (χ4v) is 3.62. The molecule has 3 heteroatoms. The fourth-order valence-electron chi connectivity index (χ4n) is 2.74. The van der Waals surface area contributed by atoms with Gasteiger partial charge in [-0.15, -0.1) is 11.3 Å². The number of hydrogen-bond acceptors (Lipinski definition) is 3. The molecule has 2 atom stereocenters. The molecule has 18 heavy (non-hydrogen) atoms. The molecule has 0 aliphatic carbocycles. The largest absolute Gasteiger partial charge is 0.308 e. The highest BCUT2D eigenvalue weighted by Crippen LogP contribution is 2.22. The standard InChI is InChI=1S/C15H26N2S/c1-3-14(15-8-7-11-18-15)16-12-13(2)17-9-5-4-6-10-17/h7-8,11,13-14,16H,3-6,9-10,12H2,1-2H3. The molecule has 0 saturated carbocycles. The lowest BCUT2D eigenvalue weighted by Gasteiger charge is -2.33. The first-order chi connectivity index (χ1) is 8.81. The molecule has 1 fully saturated rings. The van der Waals surface area contributed by atoms with Crippen molar-refractivity contribution in [1.29, 1.82) is 0 Å². The van der Waals surface area contributed by atoms with Gasteiger partial charge in [-0.1, -0.05) is 19.4 Å². The van der Waals surface area contributed by atoms with Crippen molar-refractivity contribution in [1.82, 2.24) is 10.2 Å². The Balaban J connectivity index is 1.78. The van der Waals surface area contributed by atoms with Gasteiger partial charge in [0.1, 0.15) is 0 Å². The predicted molar refractivity (Wildman–Crippen MR) is 80.2 cm³/mol. The van der Waals surface area contributed by atoms with E-state index in [1.54, 1.807) is 0 Å². The van der Waals surface area contributed by atoms with Gasteiger partial charge in [-0.2, -0.15) is 0 Å². The highest BCUT2D eigenvalue weighted by atomic mass is 32.1. The summed E-state index contributed by atoms with van der Waals surface area (Å²) in [5, 5.41) is 5.91. The lowest BCUT2D eigenvalue weighted by Crippen LogP contribution is -2.43. The van der Waals surface area contributed by atoms with Crippen LogP contribution < -0.4 is 5.32 Å². The van der Waals surface area contributed by atoms with E-state index in [0.717, 1.165) is 6.54 Å². The van der Waals surface area contributed by atoms with Crippen molar-refractivity contribution in [3.63, 3.8) is 0 Å². The average Bonchev–Trinajstić information content (AvgIpc) is 2.94. The Morgan fingerprint density at radius 3 is 2.72 bits per heavy atom. The molecule has 0 radical (unpaired) electrons. The Hall–Kier alpha value is -0.380. The maximum absolute atomic E-state index is 3.74. The number of nitrogens with one attached hydrogen (secondary N) is 1. The van der Waals surface area contributed by atoms with Crippen LogP contribution in [0.4, 0.5) is 0 Å². The third-order valence-corrected chi connectivity index (χ3v) is 4.95. The molecule has 2 nitrogen and oxygen atoms in total. The van der Waals surface area contributed by atoms with Crippen molar-refractivity contribution in [3.05, 3.63) is 22.4 Å². The minimum atomic E-state index is 0.539. The van der Waals surface area contributed by atoms with Crippen LogP contribution in [-0.4, -0.2) is 30.6 Å². The molecular weight excluding hydrogens is 240 g/mol. The zero-order chi connectivity index (χ0) is 12.8. The highest BCUT2D eigenvalue weighted by molar-refractivity contribution is 7.10. The monoisotopic (exact) mass is 266 g/mol. The molecule has 0 bridgehead atoms. The third kappa shape index (κ3) is 3.81. The molecule has 0 aromatic carbocycles. The van der Waals surface area contributed by atoms with Crippen LogP contribution in [-0.2, 0) is 0 Å². The molecule has 2 rings (SSSR count). The van der Waals surface area contributed by atoms with Crippen LogP contribution in [0.1, 0.15) is 50.4 Å². The second-order valence-corrected chi connectivity index (χ2v) is 6.31. The molecule has 2 heterocycles. The predicted octanol–water partition coefficient (Wildman–Crippen LogP) is 3.66. The fraction of sp³-hybridized carbons (Fsp3) is 0.733. The van der Waals surface area contributed by atoms with Crippen LogP contribution in [0.2, 0.25) is 0 Å². The molecule has 1 aliphatic rings. The maximum Gasteiger partial charge on any atom is 0.0412 e. The summed E-state index contributed by atoms with van der Waals surface area (Å²) in [6.45, 7) is 8.32. The molecule has 0 spiro atoms. The number of piperidine rings is 1. The Labute approximate surface area is 115 Å². The number of nitrogens with zero attached hydrogens (tertiary/aromatic N) is 1. The van der Waals surface area contributed by atoms with E-state index in [4.69, 9.17) is 0 Å². The molecule has 1 N–H and O–H groups in total. The summed E-state index contributed by atoms with van der Waals surface area (Å²) >= 11 is 1.87. The Kier molecular flexibility index (Phi) is 5.67. The minimum absolute atomic E-state index is 0.539. The van der Waals surface area contributed by atoms with Gasteiger partial charge in [-0.25, -0.2) is 0 Å². The van der Waals surface area contributed by atoms with E-state index < -0.39 is 0 Å². The van der Waals surface area contributed by atoms with Gasteiger partial charge in [-0.05, 0) is 50.7 Å². The van der Waals surface area contributed by atoms with E-state index in [0.29, 0.717) is 12.1 Å². The molecular formula is C15H26N2S. The van der Waals surface area contributed by atoms with Crippen LogP contribution in [0.5, 0.6) is 0 Å². The first kappa shape index (κ1) is 14.0. The average molecular weight is 266 g/mol. The number of likely N-dealkylation sites (tertiary alicyclic amines) is 1. The first-order valence-corrected chi connectivity index (χ1v) is 8.20. The van der Waals surface area contributed by atoms with Crippen LogP contribution in [0.3, 0.4) is 0 Å². The van der Waals surface area contributed by atoms with E-state index in [2.05, 4.69) is 41.6 Å². The third-order valence-electron chi connectivity index (χ3n) is 3.97. The van der Waals surface area contributed by atoms with Gasteiger partial charge in [0.2, 0.25) is 0 Å². The zero-order valence-corrected chi connectivity index (χ0v) is 12.5. The Morgan fingerprint density at radius 2 is 2.11 bits per heavy atom. The van der Waals surface area contributed by atoms with Gasteiger partial charge in [0, 0.05) is 23.5 Å². The van der Waals surface area contributed by atoms with Crippen LogP contribution in [0.25, 0.3) is 0 Å². The lowest BCUT2D eigenvalue weighted by atomic mass is 10.1. The number of hydrogen-bond donors (Lipinski definition) is 1. The first-order valence-electron chi connectivity index (χ1n) is 7.32. The van der Waals surface area contributed by atoms with Crippen molar-refractivity contribution >= 4 is 11.3 Å². The molecule has 1 aromatic rings. The number of thiophene rings is 1. The van der Waals surface area contributed by atoms with Gasteiger partial charge in [0.05, 0.1) is 0 Å². The minimum Gasteiger partial charge on any atom is -0.308 e. The Bertz CT molecular complexity index is 317. The molecule has 102 valence electrons. The summed E-state index contributed by atoms with van der Waals surface area (Å²) in [6.07, 6.45) is 5.36. The van der Waals surface area contributed by atoms with Crippen molar-refractivity contribution in [3.8, 4) is 0 Å². The van der Waals surface area contributed by atoms with E-state index in [1.165, 1.54) is 43.6 Å². The van der Waals surface area contributed by atoms with Crippen LogP contribution in [0, 0.1) is 0 Å². The summed E-state index contributed by atoms with van der Waals surface area (Å²) < 4.78 is 0. The van der Waals surface area contributed by atoms with Crippen molar-refractivity contribution < 1.29 is 0 Å². The number of rotatable bonds is 6. The van der Waals surface area contributed by atoms with Crippen LogP contribution in [0.15, 0.2) is 17.5 Å². The molecule has 1 aliphatic heterocycles. The molecule has 2 unspecified atom stereocenters. The quantitative estimate of drug-likeness (QED) is 0.845. The summed E-state index contributed by atoms with van der Waals surface area (Å²) in [6, 6.07) is 5.60. The van der Waals surface area contributed by atoms with Gasteiger partial charge in [-0.3, -0.25) is 4.90 Å². The lowest BCUT2D eigenvalue weighted by molar-refractivity contribution is 0.168. The molecule has 1 aromatic heterocycles. The van der Waals surface area contributed by atoms with E-state index in [-0.39, 0.29) is 0 Å². The Morgan fingerprint density at radius 1 is 1.33 bits per heavy atom. The van der Waals surface area contributed by atoms with E-state index in [9.17, 15) is 0 Å². The van der Waals surface area contributed by atoms with Crippen molar-refractivity contribution in [2.45, 2.75) is 51.6 Å². The van der Waals surface area contributed by atoms with Gasteiger partial charge in [0.15, 0.2) is 0 Å². The van der Waals surface area contributed by atoms with Gasteiger partial charge < -0.3 is 5.32 Å². The topological polar surface area (TPSA) is 15.3 Å². The highest BCUT2D eigenvalue weighted by Gasteiger charge is 2.18. The smallest absolute Gasteiger partial charge is 0.0412 e. The summed E-state index contributed by atoms with van der Waals surface area (Å²) in [7, 11) is 0. The van der Waals surface area contributed by atoms with Gasteiger partial charge in [0.25, 0.3) is 0 Å². The SMILES string of the molecule is CCC(NCC(C)N1CCCCC1)c1cccs1. The van der Waals surface area contributed by atoms with E-state index >= 15 is 0 Å². The zero-order valence-electron chi connectivity index (χ0n) is 11.7. The van der Waals surface area contributed by atoms with Crippen molar-refractivity contribution in [2.75, 3.05) is 19.6 Å². The van der Waals surface area contributed by atoms with Gasteiger partial charge >= 0.3 is 0 Å². The molecule has 1 saturated heterocycles.